The van der Waals surface area contributed by atoms with Gasteiger partial charge in [-0.1, -0.05) is 0 Å². The minimum Gasteiger partial charge on any atom is -0.378 e. The third-order valence-corrected chi connectivity index (χ3v) is 4.54. The standard InChI is InChI=1S/C19H33N3O4/c1-16(2)26-13-12-25-11-10-24-9-8-21-6-4-19(5-7-21)22-15-18(14-20-22)17(3)23/h14-16,19H,4-13H2,1-3H3. The van der Waals surface area contributed by atoms with Gasteiger partial charge in [-0.3, -0.25) is 9.48 Å². The Morgan fingerprint density at radius 3 is 2.42 bits per heavy atom. The Kier molecular flexibility index (Phi) is 9.25. The molecule has 2 rings (SSSR count). The molecular formula is C19H33N3O4. The summed E-state index contributed by atoms with van der Waals surface area (Å²) in [7, 11) is 0. The Morgan fingerprint density at radius 2 is 1.81 bits per heavy atom. The summed E-state index contributed by atoms with van der Waals surface area (Å²) in [6.07, 6.45) is 5.90. The van der Waals surface area contributed by atoms with Gasteiger partial charge in [-0.25, -0.2) is 0 Å². The topological polar surface area (TPSA) is 65.8 Å². The highest BCUT2D eigenvalue weighted by Gasteiger charge is 2.21. The van der Waals surface area contributed by atoms with Gasteiger partial charge in [-0.05, 0) is 33.6 Å². The summed E-state index contributed by atoms with van der Waals surface area (Å²) in [4.78, 5) is 13.8. The first-order chi connectivity index (χ1) is 12.6. The maximum Gasteiger partial charge on any atom is 0.162 e. The third kappa shape index (κ3) is 7.53. The van der Waals surface area contributed by atoms with Crippen LogP contribution in [0.25, 0.3) is 0 Å². The van der Waals surface area contributed by atoms with Gasteiger partial charge in [0.15, 0.2) is 5.78 Å². The van der Waals surface area contributed by atoms with Crippen molar-refractivity contribution in [2.24, 2.45) is 0 Å². The minimum absolute atomic E-state index is 0.0715. The molecule has 1 fully saturated rings. The third-order valence-electron chi connectivity index (χ3n) is 4.54. The van der Waals surface area contributed by atoms with Crippen LogP contribution in [0, 0.1) is 0 Å². The molecule has 2 heterocycles. The van der Waals surface area contributed by atoms with E-state index in [0.717, 1.165) is 39.1 Å². The molecule has 1 aromatic heterocycles. The molecule has 0 atom stereocenters. The number of piperidine rings is 1. The van der Waals surface area contributed by atoms with Crippen LogP contribution in [0.1, 0.15) is 50.0 Å². The molecule has 148 valence electrons. The van der Waals surface area contributed by atoms with Crippen LogP contribution in [-0.4, -0.2) is 79.2 Å². The van der Waals surface area contributed by atoms with Crippen LogP contribution in [0.2, 0.25) is 0 Å². The first kappa shape index (κ1) is 21.0. The first-order valence-corrected chi connectivity index (χ1v) is 9.61. The highest BCUT2D eigenvalue weighted by atomic mass is 16.5. The largest absolute Gasteiger partial charge is 0.378 e. The predicted octanol–water partition coefficient (Wildman–Crippen LogP) is 2.18. The Morgan fingerprint density at radius 1 is 1.15 bits per heavy atom. The molecule has 26 heavy (non-hydrogen) atoms. The van der Waals surface area contributed by atoms with Crippen LogP contribution in [0.3, 0.4) is 0 Å². The fourth-order valence-corrected chi connectivity index (χ4v) is 2.99. The van der Waals surface area contributed by atoms with E-state index in [-0.39, 0.29) is 11.9 Å². The number of carbonyl (C=O) groups excluding carboxylic acids is 1. The molecule has 0 radical (unpaired) electrons. The molecule has 0 aliphatic carbocycles. The lowest BCUT2D eigenvalue weighted by molar-refractivity contribution is -0.00472. The summed E-state index contributed by atoms with van der Waals surface area (Å²) < 4.78 is 18.5. The summed E-state index contributed by atoms with van der Waals surface area (Å²) in [5.74, 6) is 0.0715. The van der Waals surface area contributed by atoms with E-state index in [1.807, 2.05) is 24.7 Å². The first-order valence-electron chi connectivity index (χ1n) is 9.61. The van der Waals surface area contributed by atoms with Gasteiger partial charge >= 0.3 is 0 Å². The van der Waals surface area contributed by atoms with Crippen molar-refractivity contribution >= 4 is 5.78 Å². The zero-order valence-electron chi connectivity index (χ0n) is 16.4. The van der Waals surface area contributed by atoms with Gasteiger partial charge in [0.25, 0.3) is 0 Å². The van der Waals surface area contributed by atoms with Crippen molar-refractivity contribution in [1.29, 1.82) is 0 Å². The fraction of sp³-hybridized carbons (Fsp3) is 0.789. The quantitative estimate of drug-likeness (QED) is 0.417. The molecule has 0 aromatic carbocycles. The lowest BCUT2D eigenvalue weighted by atomic mass is 10.1. The molecule has 7 nitrogen and oxygen atoms in total. The number of Topliss-reactive ketones (excluding diaryl/α,β-unsaturated/α-hetero) is 1. The molecule has 1 aromatic rings. The van der Waals surface area contributed by atoms with Gasteiger partial charge in [0, 0.05) is 25.8 Å². The van der Waals surface area contributed by atoms with Crippen molar-refractivity contribution in [2.45, 2.75) is 45.8 Å². The summed E-state index contributed by atoms with van der Waals surface area (Å²) in [5.41, 5.74) is 0.693. The molecule has 1 aliphatic rings. The molecule has 0 saturated carbocycles. The molecule has 0 unspecified atom stereocenters. The van der Waals surface area contributed by atoms with E-state index in [1.165, 1.54) is 0 Å². The average Bonchev–Trinajstić information content (AvgIpc) is 3.11. The molecule has 7 heteroatoms. The maximum absolute atomic E-state index is 11.4. The Bertz CT molecular complexity index is 525. The number of aromatic nitrogens is 2. The number of likely N-dealkylation sites (tertiary alicyclic amines) is 1. The normalized spacial score (nSPS) is 16.5. The van der Waals surface area contributed by atoms with Crippen LogP contribution < -0.4 is 0 Å². The van der Waals surface area contributed by atoms with Gasteiger partial charge in [-0.15, -0.1) is 0 Å². The molecular weight excluding hydrogens is 334 g/mol. The number of ether oxygens (including phenoxy) is 3. The van der Waals surface area contributed by atoms with E-state index >= 15 is 0 Å². The van der Waals surface area contributed by atoms with Crippen molar-refractivity contribution in [1.82, 2.24) is 14.7 Å². The minimum atomic E-state index is 0.0715. The summed E-state index contributed by atoms with van der Waals surface area (Å²) >= 11 is 0. The van der Waals surface area contributed by atoms with Crippen molar-refractivity contribution < 1.29 is 19.0 Å². The van der Waals surface area contributed by atoms with E-state index in [1.54, 1.807) is 13.1 Å². The fourth-order valence-electron chi connectivity index (χ4n) is 2.99. The lowest BCUT2D eigenvalue weighted by Crippen LogP contribution is -2.37. The number of hydrogen-bond acceptors (Lipinski definition) is 6. The Balaban J connectivity index is 1.49. The van der Waals surface area contributed by atoms with Crippen LogP contribution in [0.5, 0.6) is 0 Å². The lowest BCUT2D eigenvalue weighted by Gasteiger charge is -2.31. The molecule has 0 spiro atoms. The second-order valence-electron chi connectivity index (χ2n) is 6.98. The molecule has 1 saturated heterocycles. The number of ketones is 1. The Labute approximate surface area is 156 Å². The monoisotopic (exact) mass is 367 g/mol. The van der Waals surface area contributed by atoms with Crippen molar-refractivity contribution in [2.75, 3.05) is 52.7 Å². The summed E-state index contributed by atoms with van der Waals surface area (Å²) in [6.45, 7) is 11.8. The zero-order chi connectivity index (χ0) is 18.8. The highest BCUT2D eigenvalue weighted by Crippen LogP contribution is 2.22. The van der Waals surface area contributed by atoms with Crippen molar-refractivity contribution in [3.8, 4) is 0 Å². The van der Waals surface area contributed by atoms with E-state index in [4.69, 9.17) is 14.2 Å². The van der Waals surface area contributed by atoms with Crippen LogP contribution in [0.4, 0.5) is 0 Å². The SMILES string of the molecule is CC(=O)c1cnn(C2CCN(CCOCCOCCOC(C)C)CC2)c1. The summed E-state index contributed by atoms with van der Waals surface area (Å²) in [6, 6.07) is 0.390. The molecule has 0 bridgehead atoms. The van der Waals surface area contributed by atoms with E-state index in [2.05, 4.69) is 10.00 Å². The number of nitrogens with zero attached hydrogens (tertiary/aromatic N) is 3. The van der Waals surface area contributed by atoms with Gasteiger partial charge in [0.2, 0.25) is 0 Å². The smallest absolute Gasteiger partial charge is 0.162 e. The van der Waals surface area contributed by atoms with Gasteiger partial charge < -0.3 is 19.1 Å². The number of carbonyl (C=O) groups is 1. The maximum atomic E-state index is 11.4. The second-order valence-corrected chi connectivity index (χ2v) is 6.98. The van der Waals surface area contributed by atoms with Crippen LogP contribution in [-0.2, 0) is 14.2 Å². The highest BCUT2D eigenvalue weighted by molar-refractivity contribution is 5.93. The predicted molar refractivity (Wildman–Crippen MR) is 99.7 cm³/mol. The number of hydrogen-bond donors (Lipinski definition) is 0. The van der Waals surface area contributed by atoms with Gasteiger partial charge in [0.05, 0.1) is 56.9 Å². The second kappa shape index (κ2) is 11.4. The van der Waals surface area contributed by atoms with E-state index in [9.17, 15) is 4.79 Å². The van der Waals surface area contributed by atoms with Gasteiger partial charge in [-0.2, -0.15) is 5.10 Å². The van der Waals surface area contributed by atoms with E-state index < -0.39 is 0 Å². The average molecular weight is 367 g/mol. The number of rotatable bonds is 12. The van der Waals surface area contributed by atoms with Crippen molar-refractivity contribution in [3.05, 3.63) is 18.0 Å². The Hall–Kier alpha value is -1.28. The molecule has 1 aliphatic heterocycles. The molecule has 0 N–H and O–H groups in total. The van der Waals surface area contributed by atoms with Crippen LogP contribution >= 0.6 is 0 Å². The van der Waals surface area contributed by atoms with Crippen molar-refractivity contribution in [3.63, 3.8) is 0 Å². The summed E-state index contributed by atoms with van der Waals surface area (Å²) in [5, 5.41) is 4.34. The van der Waals surface area contributed by atoms with Gasteiger partial charge in [0.1, 0.15) is 0 Å². The molecule has 0 amide bonds. The van der Waals surface area contributed by atoms with Crippen LogP contribution in [0.15, 0.2) is 12.4 Å². The zero-order valence-corrected chi connectivity index (χ0v) is 16.4. The van der Waals surface area contributed by atoms with E-state index in [0.29, 0.717) is 38.0 Å².